The number of halogens is 6. The quantitative estimate of drug-likeness (QED) is 0.559. The zero-order chi connectivity index (χ0) is 18.8. The maximum Gasteiger partial charge on any atom is 0.433 e. The summed E-state index contributed by atoms with van der Waals surface area (Å²) in [5.74, 6) is -5.36. The molecular weight excluding hydrogens is 354 g/mol. The van der Waals surface area contributed by atoms with Crippen molar-refractivity contribution in [1.29, 1.82) is 0 Å². The first-order valence-electron chi connectivity index (χ1n) is 6.86. The molecule has 0 unspecified atom stereocenters. The molecular formula is C14H12F6N4O. The van der Waals surface area contributed by atoms with E-state index in [0.717, 1.165) is 0 Å². The molecule has 1 heterocycles. The van der Waals surface area contributed by atoms with Gasteiger partial charge in [0.25, 0.3) is 0 Å². The number of nitrogens with one attached hydrogen (secondary N) is 2. The molecule has 0 fully saturated rings. The van der Waals surface area contributed by atoms with Gasteiger partial charge < -0.3 is 15.7 Å². The van der Waals surface area contributed by atoms with Crippen LogP contribution in [0.2, 0.25) is 0 Å². The van der Waals surface area contributed by atoms with E-state index in [1.807, 2.05) is 5.32 Å². The topological polar surface area (TPSA) is 70.1 Å². The Bertz CT molecular complexity index is 768. The van der Waals surface area contributed by atoms with Gasteiger partial charge in [0.1, 0.15) is 17.3 Å². The maximum absolute atomic E-state index is 13.7. The van der Waals surface area contributed by atoms with Crippen LogP contribution in [0.5, 0.6) is 0 Å². The molecule has 0 aliphatic carbocycles. The Morgan fingerprint density at radius 1 is 1.12 bits per heavy atom. The Labute approximate surface area is 137 Å². The number of alkyl halides is 3. The molecule has 25 heavy (non-hydrogen) atoms. The highest BCUT2D eigenvalue weighted by atomic mass is 19.4. The Hall–Kier alpha value is -2.56. The van der Waals surface area contributed by atoms with Crippen molar-refractivity contribution in [2.24, 2.45) is 0 Å². The molecule has 0 amide bonds. The predicted octanol–water partition coefficient (Wildman–Crippen LogP) is 3.45. The fraction of sp³-hybridized carbons (Fsp3) is 0.286. The van der Waals surface area contributed by atoms with Crippen molar-refractivity contribution in [3.8, 4) is 0 Å². The van der Waals surface area contributed by atoms with Crippen LogP contribution in [0.1, 0.15) is 12.6 Å². The van der Waals surface area contributed by atoms with Gasteiger partial charge in [-0.1, -0.05) is 0 Å². The first-order chi connectivity index (χ1) is 11.6. The van der Waals surface area contributed by atoms with E-state index < -0.39 is 59.4 Å². The molecule has 11 heteroatoms. The number of aromatic nitrogens is 2. The summed E-state index contributed by atoms with van der Waals surface area (Å²) in [6.07, 6.45) is -4.86. The van der Waals surface area contributed by atoms with E-state index in [0.29, 0.717) is 18.2 Å². The lowest BCUT2D eigenvalue weighted by molar-refractivity contribution is -0.141. The van der Waals surface area contributed by atoms with Crippen LogP contribution in [0.3, 0.4) is 0 Å². The van der Waals surface area contributed by atoms with Crippen LogP contribution in [-0.2, 0) is 6.18 Å². The fourth-order valence-corrected chi connectivity index (χ4v) is 1.76. The lowest BCUT2D eigenvalue weighted by Gasteiger charge is -2.15. The highest BCUT2D eigenvalue weighted by molar-refractivity contribution is 5.59. The number of aliphatic hydroxyl groups is 1. The lowest BCUT2D eigenvalue weighted by atomic mass is 10.2. The van der Waals surface area contributed by atoms with Crippen molar-refractivity contribution in [1.82, 2.24) is 9.97 Å². The van der Waals surface area contributed by atoms with Crippen molar-refractivity contribution < 1.29 is 31.4 Å². The van der Waals surface area contributed by atoms with Crippen LogP contribution in [0.15, 0.2) is 18.2 Å². The summed E-state index contributed by atoms with van der Waals surface area (Å²) in [6.45, 7) is 1.03. The monoisotopic (exact) mass is 366 g/mol. The van der Waals surface area contributed by atoms with E-state index in [2.05, 4.69) is 15.3 Å². The molecule has 0 aliphatic heterocycles. The number of hydrogen-bond acceptors (Lipinski definition) is 5. The molecule has 0 bridgehead atoms. The molecule has 0 radical (unpaired) electrons. The number of benzene rings is 1. The number of anilines is 3. The highest BCUT2D eigenvalue weighted by Crippen LogP contribution is 2.31. The molecule has 2 rings (SSSR count). The summed E-state index contributed by atoms with van der Waals surface area (Å²) >= 11 is 0. The smallest absolute Gasteiger partial charge is 0.394 e. The van der Waals surface area contributed by atoms with E-state index in [1.54, 1.807) is 0 Å². The number of rotatable bonds is 5. The second-order valence-electron chi connectivity index (χ2n) is 5.03. The molecule has 0 aliphatic rings. The minimum atomic E-state index is -4.86. The summed E-state index contributed by atoms with van der Waals surface area (Å²) < 4.78 is 79.3. The second-order valence-corrected chi connectivity index (χ2v) is 5.03. The summed E-state index contributed by atoms with van der Waals surface area (Å²) in [7, 11) is 0. The third-order valence-electron chi connectivity index (χ3n) is 2.96. The van der Waals surface area contributed by atoms with E-state index >= 15 is 0 Å². The van der Waals surface area contributed by atoms with Crippen molar-refractivity contribution >= 4 is 17.5 Å². The van der Waals surface area contributed by atoms with Crippen LogP contribution < -0.4 is 10.6 Å². The largest absolute Gasteiger partial charge is 0.433 e. The van der Waals surface area contributed by atoms with E-state index in [4.69, 9.17) is 5.11 Å². The van der Waals surface area contributed by atoms with E-state index in [1.165, 1.54) is 6.92 Å². The molecule has 0 saturated heterocycles. The van der Waals surface area contributed by atoms with Crippen LogP contribution in [0.25, 0.3) is 0 Å². The minimum Gasteiger partial charge on any atom is -0.394 e. The van der Waals surface area contributed by atoms with Gasteiger partial charge in [-0.3, -0.25) is 0 Å². The van der Waals surface area contributed by atoms with Gasteiger partial charge in [0.05, 0.1) is 6.61 Å². The summed E-state index contributed by atoms with van der Waals surface area (Å²) in [4.78, 5) is 6.88. The first kappa shape index (κ1) is 18.8. The number of nitrogens with zero attached hydrogens (tertiary/aromatic N) is 2. The summed E-state index contributed by atoms with van der Waals surface area (Å²) in [6, 6.07) is 0.879. The first-order valence-corrected chi connectivity index (χ1v) is 6.86. The predicted molar refractivity (Wildman–Crippen MR) is 76.8 cm³/mol. The van der Waals surface area contributed by atoms with Gasteiger partial charge >= 0.3 is 6.18 Å². The highest BCUT2D eigenvalue weighted by Gasteiger charge is 2.34. The van der Waals surface area contributed by atoms with Crippen LogP contribution >= 0.6 is 0 Å². The molecule has 0 saturated carbocycles. The Balaban J connectivity index is 2.46. The third-order valence-corrected chi connectivity index (χ3v) is 2.96. The van der Waals surface area contributed by atoms with E-state index in [-0.39, 0.29) is 0 Å². The van der Waals surface area contributed by atoms with Crippen LogP contribution in [0.4, 0.5) is 43.8 Å². The fourth-order valence-electron chi connectivity index (χ4n) is 1.76. The maximum atomic E-state index is 13.7. The van der Waals surface area contributed by atoms with Gasteiger partial charge in [-0.2, -0.15) is 18.2 Å². The van der Waals surface area contributed by atoms with E-state index in [9.17, 15) is 26.3 Å². The zero-order valence-corrected chi connectivity index (χ0v) is 12.6. The average molecular weight is 366 g/mol. The normalized spacial score (nSPS) is 12.8. The van der Waals surface area contributed by atoms with Crippen molar-refractivity contribution in [2.75, 3.05) is 17.2 Å². The van der Waals surface area contributed by atoms with Gasteiger partial charge in [-0.05, 0) is 19.1 Å². The standard InChI is InChI=1S/C14H12F6N4O/c1-6(5-25)21-13-22-9(14(18,19)20)4-10(24-13)23-12-8(16)3-2-7(15)11(12)17/h2-4,6,25H,5H2,1H3,(H2,21,22,23,24)/t6-/m1/s1. The zero-order valence-electron chi connectivity index (χ0n) is 12.6. The number of aliphatic hydroxyl groups excluding tert-OH is 1. The van der Waals surface area contributed by atoms with Crippen molar-refractivity contribution in [3.05, 3.63) is 41.3 Å². The molecule has 1 atom stereocenters. The molecule has 0 spiro atoms. The SMILES string of the molecule is C[C@H](CO)Nc1nc(Nc2c(F)ccc(F)c2F)cc(C(F)(F)F)n1. The van der Waals surface area contributed by atoms with Crippen molar-refractivity contribution in [3.63, 3.8) is 0 Å². The Morgan fingerprint density at radius 2 is 1.76 bits per heavy atom. The van der Waals surface area contributed by atoms with Crippen molar-refractivity contribution in [2.45, 2.75) is 19.1 Å². The van der Waals surface area contributed by atoms with Gasteiger partial charge in [-0.25, -0.2) is 18.2 Å². The van der Waals surface area contributed by atoms with Gasteiger partial charge in [0.2, 0.25) is 5.95 Å². The molecule has 1 aromatic carbocycles. The second kappa shape index (κ2) is 7.13. The summed E-state index contributed by atoms with van der Waals surface area (Å²) in [5, 5.41) is 13.3. The van der Waals surface area contributed by atoms with Crippen LogP contribution in [-0.4, -0.2) is 27.7 Å². The lowest BCUT2D eigenvalue weighted by Crippen LogP contribution is -2.22. The number of hydrogen-bond donors (Lipinski definition) is 3. The third kappa shape index (κ3) is 4.50. The average Bonchev–Trinajstić information content (AvgIpc) is 2.54. The summed E-state index contributed by atoms with van der Waals surface area (Å²) in [5.41, 5.74) is -2.39. The molecule has 3 N–H and O–H groups in total. The molecule has 5 nitrogen and oxygen atoms in total. The Morgan fingerprint density at radius 3 is 2.36 bits per heavy atom. The van der Waals surface area contributed by atoms with Gasteiger partial charge in [0.15, 0.2) is 17.3 Å². The Kier molecular flexibility index (Phi) is 5.36. The molecule has 2 aromatic rings. The molecule has 1 aromatic heterocycles. The van der Waals surface area contributed by atoms with Gasteiger partial charge in [0, 0.05) is 12.1 Å². The van der Waals surface area contributed by atoms with Crippen LogP contribution in [0, 0.1) is 17.5 Å². The minimum absolute atomic E-state index is 0.415. The van der Waals surface area contributed by atoms with Gasteiger partial charge in [-0.15, -0.1) is 0 Å². The molecule has 136 valence electrons.